The normalized spacial score (nSPS) is 12.2. The van der Waals surface area contributed by atoms with E-state index in [1.54, 1.807) is 13.0 Å². The molecule has 1 amide bonds. The summed E-state index contributed by atoms with van der Waals surface area (Å²) in [6, 6.07) is 4.22. The maximum absolute atomic E-state index is 13.1. The molecule has 1 atom stereocenters. The molecule has 5 heteroatoms. The lowest BCUT2D eigenvalue weighted by molar-refractivity contribution is -0.122. The molecule has 4 N–H and O–H groups in total. The average Bonchev–Trinajstić information content (AvgIpc) is 2.24. The Balaban J connectivity index is 2.66. The molecule has 4 nitrogen and oxygen atoms in total. The average molecular weight is 226 g/mol. The molecule has 1 aromatic rings. The highest BCUT2D eigenvalue weighted by molar-refractivity contribution is 5.76. The fraction of sp³-hybridized carbons (Fsp3) is 0.364. The van der Waals surface area contributed by atoms with Gasteiger partial charge in [-0.05, 0) is 17.7 Å². The van der Waals surface area contributed by atoms with Crippen LogP contribution in [-0.4, -0.2) is 12.5 Å². The van der Waals surface area contributed by atoms with Gasteiger partial charge >= 0.3 is 0 Å². The zero-order valence-corrected chi connectivity index (χ0v) is 9.07. The van der Waals surface area contributed by atoms with Gasteiger partial charge in [-0.25, -0.2) is 4.39 Å². The van der Waals surface area contributed by atoms with Crippen LogP contribution in [0.25, 0.3) is 0 Å². The molecular formula is C11H15FN2O2. The van der Waals surface area contributed by atoms with Gasteiger partial charge in [0.05, 0.1) is 12.5 Å². The summed E-state index contributed by atoms with van der Waals surface area (Å²) in [5, 5.41) is 0. The smallest absolute Gasteiger partial charge is 0.223 e. The lowest BCUT2D eigenvalue weighted by atomic mass is 10.2. The van der Waals surface area contributed by atoms with Crippen LogP contribution in [-0.2, 0) is 11.3 Å². The summed E-state index contributed by atoms with van der Waals surface area (Å²) in [5.74, 6) is -0.918. The minimum Gasteiger partial charge on any atom is -0.493 e. The lowest BCUT2D eigenvalue weighted by Crippen LogP contribution is -2.25. The first-order chi connectivity index (χ1) is 7.52. The van der Waals surface area contributed by atoms with Gasteiger partial charge in [-0.2, -0.15) is 0 Å². The molecule has 16 heavy (non-hydrogen) atoms. The minimum absolute atomic E-state index is 0.128. The third-order valence-electron chi connectivity index (χ3n) is 2.15. The highest BCUT2D eigenvalue weighted by Gasteiger charge is 2.10. The zero-order chi connectivity index (χ0) is 12.1. The molecule has 0 aliphatic carbocycles. The Morgan fingerprint density at radius 1 is 1.50 bits per heavy atom. The number of carbonyl (C=O) groups excluding carboxylic acids is 1. The van der Waals surface area contributed by atoms with Crippen LogP contribution in [0.5, 0.6) is 5.75 Å². The molecule has 0 saturated carbocycles. The number of amides is 1. The van der Waals surface area contributed by atoms with Crippen molar-refractivity contribution >= 4 is 5.91 Å². The van der Waals surface area contributed by atoms with Crippen molar-refractivity contribution in [3.05, 3.63) is 29.6 Å². The van der Waals surface area contributed by atoms with Crippen molar-refractivity contribution in [2.24, 2.45) is 17.4 Å². The predicted octanol–water partition coefficient (Wildman–Crippen LogP) is 0.785. The first-order valence-corrected chi connectivity index (χ1v) is 4.94. The van der Waals surface area contributed by atoms with Crippen molar-refractivity contribution in [3.63, 3.8) is 0 Å². The molecule has 0 aliphatic heterocycles. The first-order valence-electron chi connectivity index (χ1n) is 4.94. The molecule has 1 aromatic carbocycles. The highest BCUT2D eigenvalue weighted by Crippen LogP contribution is 2.16. The molecule has 0 saturated heterocycles. The summed E-state index contributed by atoms with van der Waals surface area (Å²) in [4.78, 5) is 10.8. The summed E-state index contributed by atoms with van der Waals surface area (Å²) < 4.78 is 18.3. The van der Waals surface area contributed by atoms with Crippen LogP contribution in [0, 0.1) is 11.7 Å². The van der Waals surface area contributed by atoms with Gasteiger partial charge < -0.3 is 16.2 Å². The van der Waals surface area contributed by atoms with Gasteiger partial charge in [0.25, 0.3) is 0 Å². The van der Waals surface area contributed by atoms with Crippen LogP contribution in [0.2, 0.25) is 0 Å². The largest absolute Gasteiger partial charge is 0.493 e. The number of halogens is 1. The summed E-state index contributed by atoms with van der Waals surface area (Å²) in [6.45, 7) is 2.01. The third kappa shape index (κ3) is 3.51. The van der Waals surface area contributed by atoms with E-state index in [1.807, 2.05) is 0 Å². The van der Waals surface area contributed by atoms with Crippen molar-refractivity contribution < 1.29 is 13.9 Å². The third-order valence-corrected chi connectivity index (χ3v) is 2.15. The van der Waals surface area contributed by atoms with E-state index in [1.165, 1.54) is 12.1 Å². The molecule has 0 heterocycles. The second-order valence-electron chi connectivity index (χ2n) is 3.61. The van der Waals surface area contributed by atoms with Crippen molar-refractivity contribution in [1.29, 1.82) is 0 Å². The molecule has 1 unspecified atom stereocenters. The minimum atomic E-state index is -0.449. The van der Waals surface area contributed by atoms with Crippen molar-refractivity contribution in [1.82, 2.24) is 0 Å². The van der Waals surface area contributed by atoms with E-state index < -0.39 is 17.6 Å². The second kappa shape index (κ2) is 5.46. The van der Waals surface area contributed by atoms with E-state index in [0.717, 1.165) is 0 Å². The number of rotatable bonds is 5. The van der Waals surface area contributed by atoms with Gasteiger partial charge in [-0.15, -0.1) is 0 Å². The lowest BCUT2D eigenvalue weighted by Gasteiger charge is -2.10. The summed E-state index contributed by atoms with van der Waals surface area (Å²) >= 11 is 0. The highest BCUT2D eigenvalue weighted by atomic mass is 19.1. The van der Waals surface area contributed by atoms with E-state index in [4.69, 9.17) is 16.2 Å². The Hall–Kier alpha value is -1.62. The number of hydrogen-bond donors (Lipinski definition) is 2. The number of primary amides is 1. The Morgan fingerprint density at radius 2 is 2.19 bits per heavy atom. The standard InChI is InChI=1S/C11H15FN2O2/c1-7(11(14)15)6-16-10-3-8(5-13)2-9(12)4-10/h2-4,7H,5-6,13H2,1H3,(H2,14,15). The molecular weight excluding hydrogens is 211 g/mol. The van der Waals surface area contributed by atoms with Crippen LogP contribution >= 0.6 is 0 Å². The van der Waals surface area contributed by atoms with Crippen molar-refractivity contribution in [2.75, 3.05) is 6.61 Å². The van der Waals surface area contributed by atoms with Gasteiger partial charge in [-0.3, -0.25) is 4.79 Å². The van der Waals surface area contributed by atoms with Crippen LogP contribution < -0.4 is 16.2 Å². The molecule has 0 fully saturated rings. The van der Waals surface area contributed by atoms with E-state index >= 15 is 0 Å². The maximum Gasteiger partial charge on any atom is 0.223 e. The quantitative estimate of drug-likeness (QED) is 0.778. The van der Waals surface area contributed by atoms with Crippen molar-refractivity contribution in [2.45, 2.75) is 13.5 Å². The number of benzene rings is 1. The summed E-state index contributed by atoms with van der Waals surface area (Å²) in [6.07, 6.45) is 0. The SMILES string of the molecule is CC(COc1cc(F)cc(CN)c1)C(N)=O. The van der Waals surface area contributed by atoms with Crippen LogP contribution in [0.4, 0.5) is 4.39 Å². The van der Waals surface area contributed by atoms with Crippen molar-refractivity contribution in [3.8, 4) is 5.75 Å². The van der Waals surface area contributed by atoms with E-state index in [-0.39, 0.29) is 13.2 Å². The Kier molecular flexibility index (Phi) is 4.25. The Morgan fingerprint density at radius 3 is 2.75 bits per heavy atom. The summed E-state index contributed by atoms with van der Waals surface area (Å²) in [5.41, 5.74) is 11.1. The van der Waals surface area contributed by atoms with Gasteiger partial charge in [0.15, 0.2) is 0 Å². The van der Waals surface area contributed by atoms with Crippen LogP contribution in [0.1, 0.15) is 12.5 Å². The predicted molar refractivity (Wildman–Crippen MR) is 58.1 cm³/mol. The van der Waals surface area contributed by atoms with Gasteiger partial charge in [0.1, 0.15) is 11.6 Å². The number of carbonyl (C=O) groups is 1. The van der Waals surface area contributed by atoms with Gasteiger partial charge in [0.2, 0.25) is 5.91 Å². The Bertz CT molecular complexity index is 382. The van der Waals surface area contributed by atoms with E-state index in [0.29, 0.717) is 11.3 Å². The summed E-state index contributed by atoms with van der Waals surface area (Å²) in [7, 11) is 0. The molecule has 0 aliphatic rings. The molecule has 0 bridgehead atoms. The van der Waals surface area contributed by atoms with E-state index in [2.05, 4.69) is 0 Å². The topological polar surface area (TPSA) is 78.3 Å². The van der Waals surface area contributed by atoms with Crippen LogP contribution in [0.3, 0.4) is 0 Å². The fourth-order valence-electron chi connectivity index (χ4n) is 1.13. The monoisotopic (exact) mass is 226 g/mol. The van der Waals surface area contributed by atoms with Gasteiger partial charge in [-0.1, -0.05) is 6.92 Å². The van der Waals surface area contributed by atoms with Crippen LogP contribution in [0.15, 0.2) is 18.2 Å². The molecule has 0 aromatic heterocycles. The first kappa shape index (κ1) is 12.4. The molecule has 1 rings (SSSR count). The van der Waals surface area contributed by atoms with Gasteiger partial charge in [0, 0.05) is 12.6 Å². The Labute approximate surface area is 93.4 Å². The maximum atomic E-state index is 13.1. The number of ether oxygens (including phenoxy) is 1. The number of hydrogen-bond acceptors (Lipinski definition) is 3. The zero-order valence-electron chi connectivity index (χ0n) is 9.07. The van der Waals surface area contributed by atoms with E-state index in [9.17, 15) is 9.18 Å². The molecule has 88 valence electrons. The molecule has 0 radical (unpaired) electrons. The number of nitrogens with two attached hydrogens (primary N) is 2. The fourth-order valence-corrected chi connectivity index (χ4v) is 1.13. The molecule has 0 spiro atoms. The second-order valence-corrected chi connectivity index (χ2v) is 3.61.